The van der Waals surface area contributed by atoms with Crippen LogP contribution in [0.4, 0.5) is 0 Å². The smallest absolute Gasteiger partial charge is 0.0101 e. The monoisotopic (exact) mass is 244 g/mol. The van der Waals surface area contributed by atoms with Gasteiger partial charge in [-0.05, 0) is 62.4 Å². The number of benzene rings is 1. The molecule has 2 heteroatoms. The van der Waals surface area contributed by atoms with Crippen LogP contribution in [0.3, 0.4) is 0 Å². The average Bonchev–Trinajstić information content (AvgIpc) is 3.08. The first kappa shape index (κ1) is 12.2. The Labute approximate surface area is 110 Å². The van der Waals surface area contributed by atoms with Crippen LogP contribution in [-0.4, -0.2) is 38.6 Å². The molecular formula is C16H24N2. The standard InChI is InChI=1S/C16H24N2/c1-18(2)10-9-17-11-15-14-8-7-12-5-3-4-6-13(12)16(14)15/h3-6,14-17H,7-11H2,1-2H3. The second kappa shape index (κ2) is 5.02. The van der Waals surface area contributed by atoms with Gasteiger partial charge >= 0.3 is 0 Å². The highest BCUT2D eigenvalue weighted by Crippen LogP contribution is 2.59. The quantitative estimate of drug-likeness (QED) is 0.798. The van der Waals surface area contributed by atoms with Crippen molar-refractivity contribution < 1.29 is 0 Å². The number of nitrogens with one attached hydrogen (secondary N) is 1. The lowest BCUT2D eigenvalue weighted by Gasteiger charge is -2.13. The van der Waals surface area contributed by atoms with Gasteiger partial charge in [-0.15, -0.1) is 0 Å². The van der Waals surface area contributed by atoms with Gasteiger partial charge in [0.05, 0.1) is 0 Å². The Morgan fingerprint density at radius 1 is 1.28 bits per heavy atom. The van der Waals surface area contributed by atoms with Gasteiger partial charge in [0.2, 0.25) is 0 Å². The SMILES string of the molecule is CN(C)CCNCC1C2CCc3ccccc3C21. The van der Waals surface area contributed by atoms with Crippen LogP contribution in [0.2, 0.25) is 0 Å². The molecule has 0 aliphatic heterocycles. The maximum absolute atomic E-state index is 3.62. The largest absolute Gasteiger partial charge is 0.315 e. The van der Waals surface area contributed by atoms with E-state index in [0.29, 0.717) is 0 Å². The van der Waals surface area contributed by atoms with E-state index in [0.717, 1.165) is 30.8 Å². The summed E-state index contributed by atoms with van der Waals surface area (Å²) in [5.41, 5.74) is 3.25. The van der Waals surface area contributed by atoms with E-state index in [2.05, 4.69) is 48.6 Å². The first-order valence-corrected chi connectivity index (χ1v) is 7.20. The molecule has 3 atom stereocenters. The highest BCUT2D eigenvalue weighted by atomic mass is 15.1. The molecule has 0 aromatic heterocycles. The third kappa shape index (κ3) is 2.32. The van der Waals surface area contributed by atoms with Crippen LogP contribution in [0.1, 0.15) is 23.5 Å². The zero-order valence-corrected chi connectivity index (χ0v) is 11.5. The van der Waals surface area contributed by atoms with Gasteiger partial charge in [-0.1, -0.05) is 24.3 Å². The topological polar surface area (TPSA) is 15.3 Å². The Bertz CT molecular complexity index is 413. The minimum absolute atomic E-state index is 0.863. The van der Waals surface area contributed by atoms with E-state index in [-0.39, 0.29) is 0 Å². The number of hydrogen-bond acceptors (Lipinski definition) is 2. The summed E-state index contributed by atoms with van der Waals surface area (Å²) in [4.78, 5) is 2.24. The van der Waals surface area contributed by atoms with Gasteiger partial charge in [-0.3, -0.25) is 0 Å². The summed E-state index contributed by atoms with van der Waals surface area (Å²) in [5.74, 6) is 2.73. The molecule has 0 amide bonds. The molecule has 18 heavy (non-hydrogen) atoms. The highest BCUT2D eigenvalue weighted by Gasteiger charge is 2.52. The molecule has 0 saturated heterocycles. The fourth-order valence-corrected chi connectivity index (χ4v) is 3.56. The van der Waals surface area contributed by atoms with Crippen molar-refractivity contribution in [3.05, 3.63) is 35.4 Å². The van der Waals surface area contributed by atoms with E-state index in [1.54, 1.807) is 11.1 Å². The fraction of sp³-hybridized carbons (Fsp3) is 0.625. The summed E-state index contributed by atoms with van der Waals surface area (Å²) in [6.07, 6.45) is 2.70. The molecular weight excluding hydrogens is 220 g/mol. The number of aryl methyl sites for hydroxylation is 1. The molecule has 0 spiro atoms. The molecule has 3 rings (SSSR count). The van der Waals surface area contributed by atoms with Gasteiger partial charge in [0.25, 0.3) is 0 Å². The van der Waals surface area contributed by atoms with Gasteiger partial charge in [-0.2, -0.15) is 0 Å². The molecule has 1 fully saturated rings. The predicted molar refractivity (Wildman–Crippen MR) is 75.9 cm³/mol. The average molecular weight is 244 g/mol. The normalized spacial score (nSPS) is 28.9. The van der Waals surface area contributed by atoms with Crippen molar-refractivity contribution in [3.8, 4) is 0 Å². The van der Waals surface area contributed by atoms with Crippen molar-refractivity contribution in [3.63, 3.8) is 0 Å². The lowest BCUT2D eigenvalue weighted by Crippen LogP contribution is -2.28. The van der Waals surface area contributed by atoms with Gasteiger partial charge < -0.3 is 10.2 Å². The molecule has 0 bridgehead atoms. The zero-order chi connectivity index (χ0) is 12.5. The molecule has 0 heterocycles. The van der Waals surface area contributed by atoms with Crippen molar-refractivity contribution >= 4 is 0 Å². The van der Waals surface area contributed by atoms with Crippen molar-refractivity contribution in [2.24, 2.45) is 11.8 Å². The Morgan fingerprint density at radius 3 is 2.94 bits per heavy atom. The number of rotatable bonds is 5. The van der Waals surface area contributed by atoms with Crippen LogP contribution in [-0.2, 0) is 6.42 Å². The van der Waals surface area contributed by atoms with Crippen molar-refractivity contribution in [2.45, 2.75) is 18.8 Å². The lowest BCUT2D eigenvalue weighted by atomic mass is 9.92. The maximum atomic E-state index is 3.62. The number of nitrogens with zero attached hydrogens (tertiary/aromatic N) is 1. The van der Waals surface area contributed by atoms with E-state index in [4.69, 9.17) is 0 Å². The van der Waals surface area contributed by atoms with Crippen molar-refractivity contribution in [1.29, 1.82) is 0 Å². The molecule has 2 nitrogen and oxygen atoms in total. The van der Waals surface area contributed by atoms with E-state index < -0.39 is 0 Å². The molecule has 0 radical (unpaired) electrons. The van der Waals surface area contributed by atoms with E-state index in [1.165, 1.54) is 19.4 Å². The zero-order valence-electron chi connectivity index (χ0n) is 11.5. The Kier molecular flexibility index (Phi) is 3.40. The van der Waals surface area contributed by atoms with Gasteiger partial charge in [-0.25, -0.2) is 0 Å². The summed E-state index contributed by atoms with van der Waals surface area (Å²) in [6.45, 7) is 3.46. The third-order valence-corrected chi connectivity index (χ3v) is 4.61. The molecule has 1 saturated carbocycles. The highest BCUT2D eigenvalue weighted by molar-refractivity contribution is 5.39. The van der Waals surface area contributed by atoms with Gasteiger partial charge in [0.1, 0.15) is 0 Å². The first-order chi connectivity index (χ1) is 8.77. The maximum Gasteiger partial charge on any atom is 0.0101 e. The lowest BCUT2D eigenvalue weighted by molar-refractivity contribution is 0.396. The molecule has 1 aromatic rings. The van der Waals surface area contributed by atoms with Crippen molar-refractivity contribution in [1.82, 2.24) is 10.2 Å². The van der Waals surface area contributed by atoms with E-state index in [9.17, 15) is 0 Å². The molecule has 98 valence electrons. The predicted octanol–water partition coefficient (Wildman–Crippen LogP) is 2.11. The minimum atomic E-state index is 0.863. The molecule has 2 aliphatic carbocycles. The van der Waals surface area contributed by atoms with Crippen molar-refractivity contribution in [2.75, 3.05) is 33.7 Å². The third-order valence-electron chi connectivity index (χ3n) is 4.61. The van der Waals surface area contributed by atoms with Crippen LogP contribution in [0.15, 0.2) is 24.3 Å². The Morgan fingerprint density at radius 2 is 2.11 bits per heavy atom. The molecule has 1 aromatic carbocycles. The van der Waals surface area contributed by atoms with Gasteiger partial charge in [0.15, 0.2) is 0 Å². The van der Waals surface area contributed by atoms with E-state index in [1.807, 2.05) is 0 Å². The summed E-state index contributed by atoms with van der Waals surface area (Å²) in [7, 11) is 4.27. The second-order valence-corrected chi connectivity index (χ2v) is 6.10. The molecule has 2 aliphatic rings. The number of fused-ring (bicyclic) bond motifs is 3. The number of likely N-dealkylation sites (N-methyl/N-ethyl adjacent to an activating group) is 1. The van der Waals surface area contributed by atoms with E-state index >= 15 is 0 Å². The molecule has 3 unspecified atom stereocenters. The van der Waals surface area contributed by atoms with Crippen LogP contribution < -0.4 is 5.32 Å². The van der Waals surface area contributed by atoms with Crippen LogP contribution in [0.25, 0.3) is 0 Å². The van der Waals surface area contributed by atoms with Gasteiger partial charge in [0, 0.05) is 13.1 Å². The molecule has 1 N–H and O–H groups in total. The summed E-state index contributed by atoms with van der Waals surface area (Å²) < 4.78 is 0. The Hall–Kier alpha value is -0.860. The van der Waals surface area contributed by atoms with Crippen LogP contribution in [0, 0.1) is 11.8 Å². The second-order valence-electron chi connectivity index (χ2n) is 6.10. The first-order valence-electron chi connectivity index (χ1n) is 7.20. The fourth-order valence-electron chi connectivity index (χ4n) is 3.56. The Balaban J connectivity index is 1.54. The summed E-state index contributed by atoms with van der Waals surface area (Å²) in [6, 6.07) is 9.06. The van der Waals surface area contributed by atoms with Crippen LogP contribution in [0.5, 0.6) is 0 Å². The summed E-state index contributed by atoms with van der Waals surface area (Å²) in [5, 5.41) is 3.62. The minimum Gasteiger partial charge on any atom is -0.315 e. The number of hydrogen-bond donors (Lipinski definition) is 1. The van der Waals surface area contributed by atoms with Crippen LogP contribution >= 0.6 is 0 Å². The summed E-state index contributed by atoms with van der Waals surface area (Å²) >= 11 is 0.